The minimum Gasteiger partial charge on any atom is -0.376 e. The van der Waals surface area contributed by atoms with Gasteiger partial charge in [0.2, 0.25) is 0 Å². The minimum absolute atomic E-state index is 0.189. The average Bonchev–Trinajstić information content (AvgIpc) is 3.61. The first-order valence-corrected chi connectivity index (χ1v) is 11.1. The lowest BCUT2D eigenvalue weighted by Crippen LogP contribution is -2.29. The third kappa shape index (κ3) is 4.49. The number of nitrogens with one attached hydrogen (secondary N) is 1. The van der Waals surface area contributed by atoms with Crippen LogP contribution in [-0.2, 0) is 30.9 Å². The van der Waals surface area contributed by atoms with Crippen LogP contribution in [0, 0.1) is 0 Å². The number of aromatic nitrogens is 3. The third-order valence-electron chi connectivity index (χ3n) is 6.06. The van der Waals surface area contributed by atoms with Crippen molar-refractivity contribution in [2.45, 2.75) is 44.9 Å². The van der Waals surface area contributed by atoms with E-state index < -0.39 is 0 Å². The molecule has 1 aliphatic carbocycles. The fourth-order valence-corrected chi connectivity index (χ4v) is 4.05. The highest BCUT2D eigenvalue weighted by Crippen LogP contribution is 2.40. The van der Waals surface area contributed by atoms with Crippen molar-refractivity contribution in [3.63, 3.8) is 0 Å². The van der Waals surface area contributed by atoms with Gasteiger partial charge in [-0.15, -0.1) is 0 Å². The Morgan fingerprint density at radius 2 is 2.03 bits per heavy atom. The molecule has 2 aromatic heterocycles. The first kappa shape index (κ1) is 21.3. The van der Waals surface area contributed by atoms with Gasteiger partial charge in [-0.05, 0) is 24.0 Å². The maximum atomic E-state index is 13.0. The summed E-state index contributed by atoms with van der Waals surface area (Å²) in [7, 11) is 1.73. The highest BCUT2D eigenvalue weighted by atomic mass is 16.5. The molecule has 5 rings (SSSR count). The number of carbonyl (C=O) groups is 2. The summed E-state index contributed by atoms with van der Waals surface area (Å²) in [6.07, 6.45) is 5.81. The van der Waals surface area contributed by atoms with Gasteiger partial charge in [0.05, 0.1) is 30.0 Å². The highest BCUT2D eigenvalue weighted by Gasteiger charge is 2.30. The summed E-state index contributed by atoms with van der Waals surface area (Å²) in [6, 6.07) is 7.73. The van der Waals surface area contributed by atoms with E-state index in [0.717, 1.165) is 41.0 Å². The van der Waals surface area contributed by atoms with E-state index in [0.29, 0.717) is 49.9 Å². The Labute approximate surface area is 191 Å². The van der Waals surface area contributed by atoms with Gasteiger partial charge in [-0.1, -0.05) is 29.4 Å². The molecule has 1 saturated carbocycles. The molecule has 9 nitrogen and oxygen atoms in total. The van der Waals surface area contributed by atoms with Crippen LogP contribution in [0.1, 0.15) is 67.8 Å². The molecule has 33 heavy (non-hydrogen) atoms. The van der Waals surface area contributed by atoms with Crippen LogP contribution in [0.5, 0.6) is 0 Å². The summed E-state index contributed by atoms with van der Waals surface area (Å²) >= 11 is 0. The number of nitrogens with zero attached hydrogens (tertiary/aromatic N) is 4. The van der Waals surface area contributed by atoms with E-state index in [1.807, 2.05) is 24.3 Å². The SMILES string of the molecule is CN(Cc1ccccc1CNC(=O)c1cncnc1C1CC1)C(=O)c1noc2c1COCC2. The molecule has 0 bridgehead atoms. The molecule has 1 aliphatic heterocycles. The van der Waals surface area contributed by atoms with Gasteiger partial charge in [0.1, 0.15) is 12.1 Å². The molecule has 2 amide bonds. The molecule has 1 fully saturated rings. The van der Waals surface area contributed by atoms with Gasteiger partial charge in [0, 0.05) is 38.7 Å². The molecule has 170 valence electrons. The lowest BCUT2D eigenvalue weighted by atomic mass is 10.1. The number of hydrogen-bond donors (Lipinski definition) is 1. The number of fused-ring (bicyclic) bond motifs is 1. The Bertz CT molecular complexity index is 1190. The van der Waals surface area contributed by atoms with Crippen LogP contribution >= 0.6 is 0 Å². The number of ether oxygens (including phenoxy) is 1. The van der Waals surface area contributed by atoms with E-state index in [1.54, 1.807) is 18.1 Å². The fraction of sp³-hybridized carbons (Fsp3) is 0.375. The largest absolute Gasteiger partial charge is 0.376 e. The van der Waals surface area contributed by atoms with Crippen LogP contribution in [0.25, 0.3) is 0 Å². The van der Waals surface area contributed by atoms with Gasteiger partial charge >= 0.3 is 0 Å². The monoisotopic (exact) mass is 447 g/mol. The van der Waals surface area contributed by atoms with E-state index in [9.17, 15) is 9.59 Å². The van der Waals surface area contributed by atoms with Crippen molar-refractivity contribution >= 4 is 11.8 Å². The molecule has 0 saturated heterocycles. The van der Waals surface area contributed by atoms with Gasteiger partial charge < -0.3 is 19.5 Å². The second-order valence-electron chi connectivity index (χ2n) is 8.44. The zero-order valence-corrected chi connectivity index (χ0v) is 18.4. The van der Waals surface area contributed by atoms with Crippen molar-refractivity contribution in [3.05, 3.63) is 76.2 Å². The Kier molecular flexibility index (Phi) is 5.87. The molecule has 3 aromatic rings. The minimum atomic E-state index is -0.222. The van der Waals surface area contributed by atoms with Crippen molar-refractivity contribution in [3.8, 4) is 0 Å². The smallest absolute Gasteiger partial charge is 0.276 e. The first-order chi connectivity index (χ1) is 16.1. The van der Waals surface area contributed by atoms with Crippen molar-refractivity contribution in [2.75, 3.05) is 13.7 Å². The van der Waals surface area contributed by atoms with Crippen molar-refractivity contribution < 1.29 is 18.8 Å². The lowest BCUT2D eigenvalue weighted by Gasteiger charge is -2.19. The summed E-state index contributed by atoms with van der Waals surface area (Å²) in [6.45, 7) is 1.61. The molecular formula is C24H25N5O4. The Morgan fingerprint density at radius 3 is 2.85 bits per heavy atom. The van der Waals surface area contributed by atoms with Crippen molar-refractivity contribution in [2.24, 2.45) is 0 Å². The maximum Gasteiger partial charge on any atom is 0.276 e. The molecule has 0 spiro atoms. The lowest BCUT2D eigenvalue weighted by molar-refractivity contribution is 0.0763. The molecule has 0 atom stereocenters. The van der Waals surface area contributed by atoms with Crippen LogP contribution in [0.4, 0.5) is 0 Å². The van der Waals surface area contributed by atoms with E-state index >= 15 is 0 Å². The fourth-order valence-electron chi connectivity index (χ4n) is 4.05. The number of amides is 2. The second kappa shape index (κ2) is 9.11. The molecule has 9 heteroatoms. The van der Waals surface area contributed by atoms with Gasteiger partial charge in [0.25, 0.3) is 11.8 Å². The van der Waals surface area contributed by atoms with Gasteiger partial charge in [-0.25, -0.2) is 9.97 Å². The van der Waals surface area contributed by atoms with Crippen LogP contribution in [0.15, 0.2) is 41.3 Å². The quantitative estimate of drug-likeness (QED) is 0.593. The van der Waals surface area contributed by atoms with Gasteiger partial charge in [-0.3, -0.25) is 9.59 Å². The van der Waals surface area contributed by atoms with E-state index in [2.05, 4.69) is 20.4 Å². The van der Waals surface area contributed by atoms with Crippen LogP contribution < -0.4 is 5.32 Å². The van der Waals surface area contributed by atoms with E-state index in [1.165, 1.54) is 6.33 Å². The maximum absolute atomic E-state index is 13.0. The number of benzene rings is 1. The number of hydrogen-bond acceptors (Lipinski definition) is 7. The zero-order chi connectivity index (χ0) is 22.8. The summed E-state index contributed by atoms with van der Waals surface area (Å²) in [4.78, 5) is 35.8. The average molecular weight is 447 g/mol. The zero-order valence-electron chi connectivity index (χ0n) is 18.4. The molecule has 3 heterocycles. The summed E-state index contributed by atoms with van der Waals surface area (Å²) in [5, 5.41) is 6.97. The predicted molar refractivity (Wildman–Crippen MR) is 117 cm³/mol. The van der Waals surface area contributed by atoms with Crippen LogP contribution in [0.2, 0.25) is 0 Å². The molecule has 1 N–H and O–H groups in total. The van der Waals surface area contributed by atoms with E-state index in [4.69, 9.17) is 9.26 Å². The Hall–Kier alpha value is -3.59. The first-order valence-electron chi connectivity index (χ1n) is 11.1. The van der Waals surface area contributed by atoms with Crippen LogP contribution in [-0.4, -0.2) is 45.5 Å². The highest BCUT2D eigenvalue weighted by molar-refractivity contribution is 5.95. The summed E-state index contributed by atoms with van der Waals surface area (Å²) < 4.78 is 10.8. The Morgan fingerprint density at radius 1 is 1.21 bits per heavy atom. The molecule has 2 aliphatic rings. The summed E-state index contributed by atoms with van der Waals surface area (Å²) in [5.41, 5.74) is 4.25. The topological polar surface area (TPSA) is 110 Å². The van der Waals surface area contributed by atoms with E-state index in [-0.39, 0.29) is 11.8 Å². The van der Waals surface area contributed by atoms with Crippen molar-refractivity contribution in [1.82, 2.24) is 25.3 Å². The number of rotatable bonds is 7. The molecule has 1 aromatic carbocycles. The normalized spacial score (nSPS) is 15.1. The molecule has 0 unspecified atom stereocenters. The third-order valence-corrected chi connectivity index (χ3v) is 6.06. The number of carbonyl (C=O) groups excluding carboxylic acids is 2. The van der Waals surface area contributed by atoms with Crippen molar-refractivity contribution in [1.29, 1.82) is 0 Å². The predicted octanol–water partition coefficient (Wildman–Crippen LogP) is 2.62. The van der Waals surface area contributed by atoms with Crippen LogP contribution in [0.3, 0.4) is 0 Å². The molecular weight excluding hydrogens is 422 g/mol. The second-order valence-corrected chi connectivity index (χ2v) is 8.44. The van der Waals surface area contributed by atoms with Gasteiger partial charge in [0.15, 0.2) is 5.69 Å². The van der Waals surface area contributed by atoms with Gasteiger partial charge in [-0.2, -0.15) is 0 Å². The summed E-state index contributed by atoms with van der Waals surface area (Å²) in [5.74, 6) is 0.663. The standard InChI is InChI=1S/C24H25N5O4/c1-29(24(31)22-19-13-32-9-8-20(19)33-28-22)12-17-5-3-2-4-16(17)10-26-23(30)18-11-25-14-27-21(18)15-6-7-15/h2-5,11,14-15H,6-10,12-13H2,1H3,(H,26,30). The molecule has 0 radical (unpaired) electrons. The Balaban J connectivity index is 1.27.